The fourth-order valence-corrected chi connectivity index (χ4v) is 5.61. The summed E-state index contributed by atoms with van der Waals surface area (Å²) in [6.07, 6.45) is 0.612. The van der Waals surface area contributed by atoms with Gasteiger partial charge in [0.15, 0.2) is 15.0 Å². The number of halogens is 1. The third-order valence-corrected chi connectivity index (χ3v) is 7.10. The van der Waals surface area contributed by atoms with Crippen LogP contribution < -0.4 is 0 Å². The quantitative estimate of drug-likeness (QED) is 0.758. The molecular weight excluding hydrogens is 354 g/mol. The van der Waals surface area contributed by atoms with Gasteiger partial charge in [0, 0.05) is 30.3 Å². The van der Waals surface area contributed by atoms with Crippen LogP contribution in [-0.4, -0.2) is 44.3 Å². The summed E-state index contributed by atoms with van der Waals surface area (Å²) in [5.74, 6) is 1.61. The average molecular weight is 366 g/mol. The monoisotopic (exact) mass is 365 g/mol. The molecule has 0 bridgehead atoms. The van der Waals surface area contributed by atoms with Gasteiger partial charge in [0.2, 0.25) is 0 Å². The lowest BCUT2D eigenvalue weighted by atomic mass is 10.1. The van der Waals surface area contributed by atoms with Gasteiger partial charge in [-0.15, -0.1) is 15.3 Å². The summed E-state index contributed by atoms with van der Waals surface area (Å²) in [5, 5.41) is 12.9. The van der Waals surface area contributed by atoms with Crippen molar-refractivity contribution in [3.8, 4) is 0 Å². The molecule has 7 nitrogen and oxygen atoms in total. The van der Waals surface area contributed by atoms with Gasteiger partial charge in [0.1, 0.15) is 15.9 Å². The summed E-state index contributed by atoms with van der Waals surface area (Å²) >= 11 is 8.57. The second kappa shape index (κ2) is 5.82. The highest BCUT2D eigenvalue weighted by Gasteiger charge is 2.32. The van der Waals surface area contributed by atoms with E-state index in [4.69, 9.17) is 11.6 Å². The number of nitrogens with zero attached hydrogens (tertiary/aromatic N) is 5. The molecule has 21 heavy (non-hydrogen) atoms. The van der Waals surface area contributed by atoms with Crippen LogP contribution in [0.15, 0.2) is 5.16 Å². The number of hydrogen-bond acceptors (Lipinski definition) is 8. The van der Waals surface area contributed by atoms with E-state index >= 15 is 0 Å². The van der Waals surface area contributed by atoms with Crippen molar-refractivity contribution >= 4 is 44.7 Å². The van der Waals surface area contributed by atoms with Crippen LogP contribution in [0.25, 0.3) is 0 Å². The molecule has 3 rings (SSSR count). The summed E-state index contributed by atoms with van der Waals surface area (Å²) in [5.41, 5.74) is 0.722. The van der Waals surface area contributed by atoms with Gasteiger partial charge in [-0.05, 0) is 6.42 Å². The summed E-state index contributed by atoms with van der Waals surface area (Å²) in [6.45, 7) is 0. The molecule has 0 amide bonds. The van der Waals surface area contributed by atoms with E-state index in [0.29, 0.717) is 16.5 Å². The molecule has 3 heterocycles. The molecule has 2 aromatic heterocycles. The summed E-state index contributed by atoms with van der Waals surface area (Å²) in [7, 11) is -1.08. The second-order valence-corrected chi connectivity index (χ2v) is 9.31. The Balaban J connectivity index is 1.72. The number of hydrogen-bond donors (Lipinski definition) is 0. The minimum Gasteiger partial charge on any atom is -0.309 e. The Kier molecular flexibility index (Phi) is 4.21. The van der Waals surface area contributed by atoms with E-state index in [2.05, 4.69) is 19.8 Å². The van der Waals surface area contributed by atoms with Crippen LogP contribution in [0, 0.1) is 0 Å². The minimum atomic E-state index is -2.93. The van der Waals surface area contributed by atoms with Crippen LogP contribution in [0.1, 0.15) is 23.9 Å². The average Bonchev–Trinajstić information content (AvgIpc) is 3.08. The molecule has 1 atom stereocenters. The van der Waals surface area contributed by atoms with Crippen molar-refractivity contribution in [3.63, 3.8) is 0 Å². The molecule has 1 aliphatic heterocycles. The molecule has 114 valence electrons. The largest absolute Gasteiger partial charge is 0.309 e. The third-order valence-electron chi connectivity index (χ3n) is 3.31. The molecule has 0 N–H and O–H groups in total. The van der Waals surface area contributed by atoms with Crippen LogP contribution in [-0.2, 0) is 22.6 Å². The number of aromatic nitrogens is 5. The predicted octanol–water partition coefficient (Wildman–Crippen LogP) is 1.51. The van der Waals surface area contributed by atoms with Gasteiger partial charge >= 0.3 is 0 Å². The topological polar surface area (TPSA) is 90.6 Å². The van der Waals surface area contributed by atoms with Crippen molar-refractivity contribution < 1.29 is 8.42 Å². The van der Waals surface area contributed by atoms with Crippen LogP contribution in [0.3, 0.4) is 0 Å². The number of rotatable bonds is 4. The van der Waals surface area contributed by atoms with Gasteiger partial charge in [-0.2, -0.15) is 0 Å². The zero-order chi connectivity index (χ0) is 15.0. The van der Waals surface area contributed by atoms with Gasteiger partial charge in [-0.3, -0.25) is 0 Å². The molecule has 0 radical (unpaired) electrons. The Morgan fingerprint density at radius 3 is 2.86 bits per heavy atom. The Morgan fingerprint density at radius 1 is 1.43 bits per heavy atom. The fraction of sp³-hybridized carbons (Fsp3) is 0.600. The maximum absolute atomic E-state index is 11.6. The highest BCUT2D eigenvalue weighted by Crippen LogP contribution is 2.31. The van der Waals surface area contributed by atoms with Gasteiger partial charge in [-0.1, -0.05) is 27.9 Å². The first-order valence-electron chi connectivity index (χ1n) is 6.15. The lowest BCUT2D eigenvalue weighted by Gasteiger charge is -2.07. The lowest BCUT2D eigenvalue weighted by molar-refractivity contribution is 0.599. The van der Waals surface area contributed by atoms with Crippen LogP contribution in [0.5, 0.6) is 0 Å². The Labute approximate surface area is 135 Å². The van der Waals surface area contributed by atoms with E-state index in [1.807, 2.05) is 11.6 Å². The van der Waals surface area contributed by atoms with Crippen molar-refractivity contribution in [1.82, 2.24) is 24.4 Å². The smallest absolute Gasteiger partial charge is 0.191 e. The van der Waals surface area contributed by atoms with Crippen LogP contribution in [0.4, 0.5) is 0 Å². The Hall–Kier alpha value is -0.710. The maximum atomic E-state index is 11.6. The Morgan fingerprint density at radius 2 is 2.24 bits per heavy atom. The third kappa shape index (κ3) is 3.22. The van der Waals surface area contributed by atoms with Crippen LogP contribution in [0.2, 0.25) is 4.34 Å². The Bertz CT molecular complexity index is 757. The van der Waals surface area contributed by atoms with E-state index in [1.165, 1.54) is 11.8 Å². The first-order chi connectivity index (χ1) is 9.96. The normalized spacial score (nSPS) is 21.0. The molecule has 0 aromatic carbocycles. The van der Waals surface area contributed by atoms with Crippen molar-refractivity contribution in [2.24, 2.45) is 7.05 Å². The zero-order valence-electron chi connectivity index (χ0n) is 11.1. The highest BCUT2D eigenvalue weighted by atomic mass is 35.5. The molecule has 1 unspecified atom stereocenters. The molecule has 11 heteroatoms. The molecular formula is C10H12ClN5O2S3. The first-order valence-corrected chi connectivity index (χ1v) is 10.1. The molecule has 1 fully saturated rings. The van der Waals surface area contributed by atoms with Crippen molar-refractivity contribution in [2.45, 2.75) is 23.2 Å². The van der Waals surface area contributed by atoms with E-state index < -0.39 is 9.84 Å². The van der Waals surface area contributed by atoms with Gasteiger partial charge in [-0.25, -0.2) is 8.42 Å². The molecule has 0 saturated carbocycles. The molecule has 1 saturated heterocycles. The van der Waals surface area contributed by atoms with Crippen molar-refractivity contribution in [1.29, 1.82) is 0 Å². The molecule has 2 aromatic rings. The van der Waals surface area contributed by atoms with Crippen molar-refractivity contribution in [2.75, 3.05) is 11.5 Å². The van der Waals surface area contributed by atoms with Gasteiger partial charge in [0.25, 0.3) is 0 Å². The highest BCUT2D eigenvalue weighted by molar-refractivity contribution is 7.98. The molecule has 0 aliphatic carbocycles. The van der Waals surface area contributed by atoms with Crippen LogP contribution >= 0.6 is 34.9 Å². The maximum Gasteiger partial charge on any atom is 0.191 e. The first kappa shape index (κ1) is 15.2. The van der Waals surface area contributed by atoms with Gasteiger partial charge in [0.05, 0.1) is 11.5 Å². The summed E-state index contributed by atoms with van der Waals surface area (Å²) < 4.78 is 29.3. The minimum absolute atomic E-state index is 0.0635. The SMILES string of the molecule is Cn1c(SCc2nnsc2Cl)nnc1C1CCS(=O)(=O)C1. The lowest BCUT2D eigenvalue weighted by Crippen LogP contribution is -2.09. The predicted molar refractivity (Wildman–Crippen MR) is 81.5 cm³/mol. The van der Waals surface area contributed by atoms with Gasteiger partial charge < -0.3 is 4.57 Å². The second-order valence-electron chi connectivity index (χ2n) is 4.78. The number of thioether (sulfide) groups is 1. The van der Waals surface area contributed by atoms with E-state index in [0.717, 1.165) is 28.2 Å². The van der Waals surface area contributed by atoms with E-state index in [9.17, 15) is 8.42 Å². The zero-order valence-corrected chi connectivity index (χ0v) is 14.3. The van der Waals surface area contributed by atoms with E-state index in [-0.39, 0.29) is 17.4 Å². The standard InChI is InChI=1S/C10H12ClN5O2S3/c1-16-9(6-2-3-21(17,18)5-6)13-14-10(16)19-4-7-8(11)20-15-12-7/h6H,2-5H2,1H3. The fourth-order valence-electron chi connectivity index (χ4n) is 2.22. The molecule has 0 spiro atoms. The summed E-state index contributed by atoms with van der Waals surface area (Å²) in [6, 6.07) is 0. The number of sulfone groups is 1. The van der Waals surface area contributed by atoms with Crippen molar-refractivity contribution in [3.05, 3.63) is 15.9 Å². The summed E-state index contributed by atoms with van der Waals surface area (Å²) in [4.78, 5) is 0. The molecule has 1 aliphatic rings. The van der Waals surface area contributed by atoms with E-state index in [1.54, 1.807) is 0 Å².